The first-order valence-electron chi connectivity index (χ1n) is 6.28. The zero-order chi connectivity index (χ0) is 15.2. The van der Waals surface area contributed by atoms with E-state index in [1.165, 1.54) is 6.33 Å². The summed E-state index contributed by atoms with van der Waals surface area (Å²) in [7, 11) is 0. The van der Waals surface area contributed by atoms with Crippen LogP contribution in [0.15, 0.2) is 6.33 Å². The lowest BCUT2D eigenvalue weighted by Crippen LogP contribution is -2.32. The van der Waals surface area contributed by atoms with E-state index >= 15 is 0 Å². The molecule has 0 aliphatic carbocycles. The van der Waals surface area contributed by atoms with Crippen LogP contribution >= 0.6 is 11.8 Å². The third-order valence-electron chi connectivity index (χ3n) is 3.44. The second kappa shape index (κ2) is 7.25. The third kappa shape index (κ3) is 3.48. The molecule has 0 bridgehead atoms. The summed E-state index contributed by atoms with van der Waals surface area (Å²) in [4.78, 5) is 18.3. The minimum absolute atomic E-state index is 0.00440. The van der Waals surface area contributed by atoms with Crippen molar-refractivity contribution in [2.75, 3.05) is 23.5 Å². The number of hydrazine groups is 1. The monoisotopic (exact) mass is 300 g/mol. The lowest BCUT2D eigenvalue weighted by molar-refractivity contribution is -0.383. The van der Waals surface area contributed by atoms with Crippen molar-refractivity contribution in [2.45, 2.75) is 31.4 Å². The minimum atomic E-state index is -0.545. The van der Waals surface area contributed by atoms with Crippen LogP contribution in [-0.4, -0.2) is 32.4 Å². The van der Waals surface area contributed by atoms with Crippen LogP contribution in [0.4, 0.5) is 17.3 Å². The molecule has 112 valence electrons. The van der Waals surface area contributed by atoms with E-state index in [1.807, 2.05) is 6.26 Å². The lowest BCUT2D eigenvalue weighted by atomic mass is 10.0. The van der Waals surface area contributed by atoms with Gasteiger partial charge in [0.15, 0.2) is 0 Å². The smallest absolute Gasteiger partial charge is 0.354 e. The van der Waals surface area contributed by atoms with Crippen molar-refractivity contribution in [1.82, 2.24) is 9.97 Å². The largest absolute Gasteiger partial charge is 0.363 e. The van der Waals surface area contributed by atoms with E-state index in [4.69, 9.17) is 5.84 Å². The molecule has 0 atom stereocenters. The number of aromatic nitrogens is 2. The number of hydrogen-bond donors (Lipinski definition) is 3. The normalized spacial score (nSPS) is 11.2. The molecule has 9 heteroatoms. The molecule has 0 radical (unpaired) electrons. The molecule has 0 spiro atoms. The van der Waals surface area contributed by atoms with Crippen LogP contribution < -0.4 is 16.6 Å². The Hall–Kier alpha value is -1.61. The Morgan fingerprint density at radius 1 is 1.40 bits per heavy atom. The van der Waals surface area contributed by atoms with Crippen molar-refractivity contribution in [3.05, 3.63) is 16.4 Å². The topological polar surface area (TPSA) is 119 Å². The molecule has 8 nitrogen and oxygen atoms in total. The first-order valence-corrected chi connectivity index (χ1v) is 7.51. The van der Waals surface area contributed by atoms with Gasteiger partial charge in [0.1, 0.15) is 6.33 Å². The highest BCUT2D eigenvalue weighted by molar-refractivity contribution is 8.00. The average molecular weight is 300 g/mol. The van der Waals surface area contributed by atoms with E-state index in [9.17, 15) is 10.1 Å². The van der Waals surface area contributed by atoms with Gasteiger partial charge >= 0.3 is 5.69 Å². The highest BCUT2D eigenvalue weighted by Gasteiger charge is 2.28. The number of nitrogens with two attached hydrogens (primary N) is 1. The van der Waals surface area contributed by atoms with Crippen molar-refractivity contribution in [1.29, 1.82) is 0 Å². The van der Waals surface area contributed by atoms with E-state index in [-0.39, 0.29) is 22.1 Å². The number of anilines is 2. The number of nitro groups is 1. The Kier molecular flexibility index (Phi) is 5.96. The summed E-state index contributed by atoms with van der Waals surface area (Å²) in [5.74, 6) is 5.42. The molecule has 0 aromatic carbocycles. The van der Waals surface area contributed by atoms with E-state index < -0.39 is 4.92 Å². The average Bonchev–Trinajstić information content (AvgIpc) is 2.48. The molecule has 1 aromatic heterocycles. The first kappa shape index (κ1) is 16.4. The summed E-state index contributed by atoms with van der Waals surface area (Å²) in [6.45, 7) is 4.79. The van der Waals surface area contributed by atoms with Gasteiger partial charge in [0.2, 0.25) is 11.6 Å². The van der Waals surface area contributed by atoms with Gasteiger partial charge in [-0.15, -0.1) is 0 Å². The lowest BCUT2D eigenvalue weighted by Gasteiger charge is -2.29. The van der Waals surface area contributed by atoms with Gasteiger partial charge in [0.25, 0.3) is 0 Å². The quantitative estimate of drug-likeness (QED) is 0.379. The van der Waals surface area contributed by atoms with Gasteiger partial charge in [-0.05, 0) is 19.1 Å². The van der Waals surface area contributed by atoms with Crippen LogP contribution in [0.25, 0.3) is 0 Å². The molecule has 1 heterocycles. The second-order valence-electron chi connectivity index (χ2n) is 4.27. The maximum Gasteiger partial charge on any atom is 0.354 e. The minimum Gasteiger partial charge on any atom is -0.363 e. The maximum absolute atomic E-state index is 11.1. The Labute approximate surface area is 122 Å². The van der Waals surface area contributed by atoms with Crippen molar-refractivity contribution < 1.29 is 4.92 Å². The Morgan fingerprint density at radius 3 is 2.45 bits per heavy atom. The predicted octanol–water partition coefficient (Wildman–Crippen LogP) is 2.00. The Balaban J connectivity index is 3.01. The van der Waals surface area contributed by atoms with Gasteiger partial charge in [-0.25, -0.2) is 15.8 Å². The molecular formula is C11H20N6O2S. The van der Waals surface area contributed by atoms with Crippen LogP contribution in [0.5, 0.6) is 0 Å². The molecule has 1 rings (SSSR count). The summed E-state index contributed by atoms with van der Waals surface area (Å²) in [6, 6.07) is 0. The molecular weight excluding hydrogens is 280 g/mol. The van der Waals surface area contributed by atoms with Crippen molar-refractivity contribution in [2.24, 2.45) is 5.84 Å². The molecule has 0 aliphatic rings. The van der Waals surface area contributed by atoms with E-state index in [1.54, 1.807) is 11.8 Å². The number of rotatable bonds is 8. The van der Waals surface area contributed by atoms with Crippen LogP contribution in [0.1, 0.15) is 26.7 Å². The van der Waals surface area contributed by atoms with E-state index in [0.29, 0.717) is 6.54 Å². The number of hydrogen-bond acceptors (Lipinski definition) is 8. The SMILES string of the molecule is CCC(CC)(CNc1ncnc(NN)c1[N+](=O)[O-])SC. The molecule has 0 aliphatic heterocycles. The highest BCUT2D eigenvalue weighted by atomic mass is 32.2. The molecule has 0 fully saturated rings. The Morgan fingerprint density at radius 2 is 2.00 bits per heavy atom. The fraction of sp³-hybridized carbons (Fsp3) is 0.636. The van der Waals surface area contributed by atoms with Crippen LogP contribution in [0.3, 0.4) is 0 Å². The number of nitrogens with zero attached hydrogens (tertiary/aromatic N) is 3. The zero-order valence-corrected chi connectivity index (χ0v) is 12.7. The number of nitrogen functional groups attached to an aromatic ring is 1. The van der Waals surface area contributed by atoms with E-state index in [0.717, 1.165) is 12.8 Å². The fourth-order valence-corrected chi connectivity index (χ4v) is 2.69. The summed E-state index contributed by atoms with van der Waals surface area (Å²) in [6.07, 6.45) is 5.19. The van der Waals surface area contributed by atoms with Crippen LogP contribution in [0.2, 0.25) is 0 Å². The van der Waals surface area contributed by atoms with Crippen molar-refractivity contribution >= 4 is 29.1 Å². The molecule has 0 amide bonds. The third-order valence-corrected chi connectivity index (χ3v) is 5.03. The van der Waals surface area contributed by atoms with Gasteiger partial charge < -0.3 is 10.7 Å². The second-order valence-corrected chi connectivity index (χ2v) is 5.54. The van der Waals surface area contributed by atoms with Crippen molar-refractivity contribution in [3.8, 4) is 0 Å². The van der Waals surface area contributed by atoms with Gasteiger partial charge in [-0.1, -0.05) is 13.8 Å². The fourth-order valence-electron chi connectivity index (χ4n) is 1.89. The summed E-state index contributed by atoms with van der Waals surface area (Å²) < 4.78 is 0.0229. The summed E-state index contributed by atoms with van der Waals surface area (Å²) in [5, 5.41) is 14.2. The number of thioether (sulfide) groups is 1. The van der Waals surface area contributed by atoms with Gasteiger partial charge in [0, 0.05) is 11.3 Å². The molecule has 0 saturated carbocycles. The van der Waals surface area contributed by atoms with Crippen LogP contribution in [0, 0.1) is 10.1 Å². The van der Waals surface area contributed by atoms with Crippen molar-refractivity contribution in [3.63, 3.8) is 0 Å². The zero-order valence-electron chi connectivity index (χ0n) is 11.8. The number of nitrogens with one attached hydrogen (secondary N) is 2. The molecule has 20 heavy (non-hydrogen) atoms. The molecule has 4 N–H and O–H groups in total. The van der Waals surface area contributed by atoms with Gasteiger partial charge in [-0.2, -0.15) is 11.8 Å². The molecule has 0 saturated heterocycles. The Bertz CT molecular complexity index is 458. The van der Waals surface area contributed by atoms with Gasteiger partial charge in [0.05, 0.1) is 4.92 Å². The summed E-state index contributed by atoms with van der Waals surface area (Å²) in [5.41, 5.74) is 1.98. The highest BCUT2D eigenvalue weighted by Crippen LogP contribution is 2.33. The van der Waals surface area contributed by atoms with E-state index in [2.05, 4.69) is 34.6 Å². The molecule has 1 aromatic rings. The molecule has 0 unspecified atom stereocenters. The standard InChI is InChI=1S/C11H20N6O2S/c1-4-11(5-2,20-3)6-13-9-8(17(18)19)10(16-12)15-7-14-9/h7H,4-6,12H2,1-3H3,(H2,13,14,15,16). The first-order chi connectivity index (χ1) is 9.53. The maximum atomic E-state index is 11.1. The summed E-state index contributed by atoms with van der Waals surface area (Å²) >= 11 is 1.74. The van der Waals surface area contributed by atoms with Gasteiger partial charge in [-0.3, -0.25) is 10.1 Å². The van der Waals surface area contributed by atoms with Crippen LogP contribution in [-0.2, 0) is 0 Å². The predicted molar refractivity (Wildman–Crippen MR) is 81.8 cm³/mol.